The first-order valence-electron chi connectivity index (χ1n) is 5.62. The van der Waals surface area contributed by atoms with Gasteiger partial charge < -0.3 is 25.4 Å². The number of nitrogens with one attached hydrogen (secondary N) is 1. The Labute approximate surface area is 106 Å². The number of methoxy groups -OCH3 is 2. The van der Waals surface area contributed by atoms with Crippen molar-refractivity contribution in [2.24, 2.45) is 5.73 Å². The zero-order chi connectivity index (χ0) is 13.3. The lowest BCUT2D eigenvalue weighted by atomic mass is 10.1. The third-order valence-electron chi connectivity index (χ3n) is 3.13. The minimum atomic E-state index is -0.365. The average Bonchev–Trinajstić information content (AvgIpc) is 2.37. The Balaban J connectivity index is 2.50. The minimum absolute atomic E-state index is 0.111. The number of nitrogens with zero attached hydrogens (tertiary/aromatic N) is 1. The molecule has 1 heterocycles. The van der Waals surface area contributed by atoms with Crippen molar-refractivity contribution in [3.05, 3.63) is 12.1 Å². The molecule has 0 aromatic heterocycles. The number of rotatable bonds is 3. The van der Waals surface area contributed by atoms with Crippen LogP contribution in [-0.4, -0.2) is 39.8 Å². The van der Waals surface area contributed by atoms with Crippen LogP contribution in [0, 0.1) is 0 Å². The molecule has 2 rings (SSSR count). The van der Waals surface area contributed by atoms with Crippen LogP contribution in [0.5, 0.6) is 11.5 Å². The lowest BCUT2D eigenvalue weighted by molar-refractivity contribution is -0.117. The van der Waals surface area contributed by atoms with Crippen LogP contribution in [0.25, 0.3) is 0 Å². The number of hydrogen-bond acceptors (Lipinski definition) is 5. The van der Waals surface area contributed by atoms with E-state index in [1.807, 2.05) is 18.0 Å². The summed E-state index contributed by atoms with van der Waals surface area (Å²) in [6, 6.07) is 3.21. The molecule has 0 aliphatic carbocycles. The standard InChI is InChI=1S/C12H17N3O3/c1-15-8-5-11(18-3)10(17-2)4-7(8)14-12(16)9(15)6-13/h4-5,9H,6,13H2,1-3H3,(H,14,16). The molecule has 1 unspecified atom stereocenters. The largest absolute Gasteiger partial charge is 0.493 e. The molecule has 0 fully saturated rings. The van der Waals surface area contributed by atoms with Crippen molar-refractivity contribution in [1.82, 2.24) is 0 Å². The quantitative estimate of drug-likeness (QED) is 0.814. The van der Waals surface area contributed by atoms with Gasteiger partial charge in [0.1, 0.15) is 6.04 Å². The number of benzene rings is 1. The van der Waals surface area contributed by atoms with Gasteiger partial charge in [-0.1, -0.05) is 0 Å². The number of carbonyl (C=O) groups is 1. The van der Waals surface area contributed by atoms with Gasteiger partial charge in [0.25, 0.3) is 0 Å². The van der Waals surface area contributed by atoms with E-state index in [1.165, 1.54) is 0 Å². The number of hydrogen-bond donors (Lipinski definition) is 2. The van der Waals surface area contributed by atoms with E-state index < -0.39 is 0 Å². The zero-order valence-electron chi connectivity index (χ0n) is 10.7. The van der Waals surface area contributed by atoms with E-state index in [0.29, 0.717) is 17.2 Å². The number of fused-ring (bicyclic) bond motifs is 1. The molecule has 6 nitrogen and oxygen atoms in total. The SMILES string of the molecule is COc1cc2c(cc1OC)N(C)C(CN)C(=O)N2. The molecule has 1 aromatic rings. The molecule has 0 bridgehead atoms. The Kier molecular flexibility index (Phi) is 3.29. The minimum Gasteiger partial charge on any atom is -0.493 e. The molecular formula is C12H17N3O3. The fourth-order valence-electron chi connectivity index (χ4n) is 2.09. The zero-order valence-corrected chi connectivity index (χ0v) is 10.7. The highest BCUT2D eigenvalue weighted by molar-refractivity contribution is 6.04. The summed E-state index contributed by atoms with van der Waals surface area (Å²) in [6.45, 7) is 0.260. The first-order chi connectivity index (χ1) is 8.62. The third-order valence-corrected chi connectivity index (χ3v) is 3.13. The van der Waals surface area contributed by atoms with Gasteiger partial charge in [-0.15, -0.1) is 0 Å². The summed E-state index contributed by atoms with van der Waals surface area (Å²) < 4.78 is 10.5. The lowest BCUT2D eigenvalue weighted by Gasteiger charge is -2.34. The van der Waals surface area contributed by atoms with Gasteiger partial charge in [-0.25, -0.2) is 0 Å². The molecule has 1 amide bonds. The predicted octanol–water partition coefficient (Wildman–Crippen LogP) is 0.419. The molecular weight excluding hydrogens is 234 g/mol. The summed E-state index contributed by atoms with van der Waals surface area (Å²) in [5, 5.41) is 2.82. The fraction of sp³-hybridized carbons (Fsp3) is 0.417. The van der Waals surface area contributed by atoms with E-state index in [1.54, 1.807) is 20.3 Å². The van der Waals surface area contributed by atoms with Crippen LogP contribution in [0.15, 0.2) is 12.1 Å². The molecule has 3 N–H and O–H groups in total. The highest BCUT2D eigenvalue weighted by Crippen LogP contribution is 2.40. The Morgan fingerprint density at radius 2 is 1.94 bits per heavy atom. The molecule has 1 aliphatic rings. The van der Waals surface area contributed by atoms with Crippen molar-refractivity contribution < 1.29 is 14.3 Å². The number of amides is 1. The van der Waals surface area contributed by atoms with Crippen molar-refractivity contribution in [3.63, 3.8) is 0 Å². The summed E-state index contributed by atoms with van der Waals surface area (Å²) in [5.74, 6) is 1.09. The van der Waals surface area contributed by atoms with Gasteiger partial charge in [0.2, 0.25) is 5.91 Å². The second kappa shape index (κ2) is 4.73. The topological polar surface area (TPSA) is 76.8 Å². The van der Waals surface area contributed by atoms with Crippen LogP contribution in [0.4, 0.5) is 11.4 Å². The maximum atomic E-state index is 11.8. The smallest absolute Gasteiger partial charge is 0.248 e. The van der Waals surface area contributed by atoms with Gasteiger partial charge in [-0.05, 0) is 0 Å². The predicted molar refractivity (Wildman–Crippen MR) is 69.4 cm³/mol. The van der Waals surface area contributed by atoms with Crippen molar-refractivity contribution in [2.45, 2.75) is 6.04 Å². The molecule has 98 valence electrons. The van der Waals surface area contributed by atoms with E-state index >= 15 is 0 Å². The average molecular weight is 251 g/mol. The van der Waals surface area contributed by atoms with Gasteiger partial charge in [-0.2, -0.15) is 0 Å². The number of nitrogens with two attached hydrogens (primary N) is 1. The Morgan fingerprint density at radius 3 is 2.50 bits per heavy atom. The molecule has 1 atom stereocenters. The van der Waals surface area contributed by atoms with Crippen LogP contribution in [-0.2, 0) is 4.79 Å². The Bertz CT molecular complexity index is 476. The first-order valence-corrected chi connectivity index (χ1v) is 5.62. The van der Waals surface area contributed by atoms with E-state index in [2.05, 4.69) is 5.32 Å². The second-order valence-corrected chi connectivity index (χ2v) is 4.08. The van der Waals surface area contributed by atoms with Gasteiger partial charge in [0.05, 0.1) is 25.6 Å². The molecule has 6 heteroatoms. The number of carbonyl (C=O) groups excluding carboxylic acids is 1. The molecule has 1 aromatic carbocycles. The second-order valence-electron chi connectivity index (χ2n) is 4.08. The molecule has 1 aliphatic heterocycles. The fourth-order valence-corrected chi connectivity index (χ4v) is 2.09. The van der Waals surface area contributed by atoms with Gasteiger partial charge in [0.15, 0.2) is 11.5 Å². The van der Waals surface area contributed by atoms with Gasteiger partial charge in [0, 0.05) is 25.7 Å². The third kappa shape index (κ3) is 1.84. The molecule has 0 saturated heterocycles. The van der Waals surface area contributed by atoms with E-state index in [0.717, 1.165) is 5.69 Å². The van der Waals surface area contributed by atoms with Crippen LogP contribution >= 0.6 is 0 Å². The molecule has 0 saturated carbocycles. The normalized spacial score (nSPS) is 18.1. The van der Waals surface area contributed by atoms with Gasteiger partial charge >= 0.3 is 0 Å². The monoisotopic (exact) mass is 251 g/mol. The highest BCUT2D eigenvalue weighted by Gasteiger charge is 2.30. The number of ether oxygens (including phenoxy) is 2. The van der Waals surface area contributed by atoms with E-state index in [4.69, 9.17) is 15.2 Å². The summed E-state index contributed by atoms with van der Waals surface area (Å²) in [5.41, 5.74) is 7.17. The van der Waals surface area contributed by atoms with Crippen molar-refractivity contribution >= 4 is 17.3 Å². The summed E-state index contributed by atoms with van der Waals surface area (Å²) >= 11 is 0. The van der Waals surface area contributed by atoms with Crippen LogP contribution < -0.4 is 25.4 Å². The Hall–Kier alpha value is -1.95. The molecule has 0 radical (unpaired) electrons. The van der Waals surface area contributed by atoms with Crippen LogP contribution in [0.2, 0.25) is 0 Å². The first kappa shape index (κ1) is 12.5. The van der Waals surface area contributed by atoms with Crippen molar-refractivity contribution in [3.8, 4) is 11.5 Å². The highest BCUT2D eigenvalue weighted by atomic mass is 16.5. The maximum absolute atomic E-state index is 11.8. The summed E-state index contributed by atoms with van der Waals surface area (Å²) in [4.78, 5) is 13.7. The number of anilines is 2. The maximum Gasteiger partial charge on any atom is 0.248 e. The van der Waals surface area contributed by atoms with E-state index in [9.17, 15) is 4.79 Å². The summed E-state index contributed by atoms with van der Waals surface area (Å²) in [7, 11) is 4.97. The lowest BCUT2D eigenvalue weighted by Crippen LogP contribution is -2.50. The van der Waals surface area contributed by atoms with Crippen molar-refractivity contribution in [2.75, 3.05) is 38.0 Å². The van der Waals surface area contributed by atoms with Crippen molar-refractivity contribution in [1.29, 1.82) is 0 Å². The molecule has 18 heavy (non-hydrogen) atoms. The number of likely N-dealkylation sites (N-methyl/N-ethyl adjacent to an activating group) is 1. The molecule has 0 spiro atoms. The Morgan fingerprint density at radius 1 is 1.33 bits per heavy atom. The summed E-state index contributed by atoms with van der Waals surface area (Å²) in [6.07, 6.45) is 0. The van der Waals surface area contributed by atoms with Crippen LogP contribution in [0.1, 0.15) is 0 Å². The van der Waals surface area contributed by atoms with E-state index in [-0.39, 0.29) is 18.5 Å². The van der Waals surface area contributed by atoms with Crippen LogP contribution in [0.3, 0.4) is 0 Å². The van der Waals surface area contributed by atoms with Gasteiger partial charge in [-0.3, -0.25) is 4.79 Å².